The van der Waals surface area contributed by atoms with E-state index in [0.29, 0.717) is 5.56 Å². The van der Waals surface area contributed by atoms with Gasteiger partial charge in [0.05, 0.1) is 0 Å². The van der Waals surface area contributed by atoms with Gasteiger partial charge in [-0.3, -0.25) is 4.79 Å². The number of carboxylic acid groups (broad SMARTS) is 1. The highest BCUT2D eigenvalue weighted by Gasteiger charge is 2.24. The number of carbonyl (C=O) groups is 2. The molecule has 3 aromatic carbocycles. The Kier molecular flexibility index (Phi) is 7.68. The zero-order valence-corrected chi connectivity index (χ0v) is 21.2. The molecule has 0 heterocycles. The van der Waals surface area contributed by atoms with Crippen LogP contribution in [0.25, 0.3) is 11.1 Å². The van der Waals surface area contributed by atoms with Crippen molar-refractivity contribution in [2.75, 3.05) is 12.4 Å². The van der Waals surface area contributed by atoms with Crippen molar-refractivity contribution in [1.29, 1.82) is 0 Å². The van der Waals surface area contributed by atoms with E-state index < -0.39 is 12.0 Å². The van der Waals surface area contributed by atoms with Gasteiger partial charge in [-0.05, 0) is 86.2 Å². The molecule has 2 N–H and O–H groups in total. The van der Waals surface area contributed by atoms with Gasteiger partial charge < -0.3 is 15.3 Å². The Morgan fingerprint density at radius 3 is 2.12 bits per heavy atom. The molecule has 0 bridgehead atoms. The van der Waals surface area contributed by atoms with Crippen LogP contribution in [0, 0.1) is 20.8 Å². The van der Waals surface area contributed by atoms with Crippen molar-refractivity contribution in [2.24, 2.45) is 0 Å². The van der Waals surface area contributed by atoms with Crippen LogP contribution in [0.3, 0.4) is 0 Å². The van der Waals surface area contributed by atoms with Crippen LogP contribution in [0.2, 0.25) is 5.02 Å². The van der Waals surface area contributed by atoms with E-state index in [-0.39, 0.29) is 11.9 Å². The maximum absolute atomic E-state index is 12.8. The topological polar surface area (TPSA) is 69.6 Å². The Bertz CT molecular complexity index is 1220. The highest BCUT2D eigenvalue weighted by molar-refractivity contribution is 6.32. The Morgan fingerprint density at radius 1 is 0.912 bits per heavy atom. The number of likely N-dealkylation sites (N-methyl/N-ethyl adjacent to an activating group) is 1. The van der Waals surface area contributed by atoms with Gasteiger partial charge in [0.25, 0.3) is 5.91 Å². The molecule has 0 saturated carbocycles. The summed E-state index contributed by atoms with van der Waals surface area (Å²) in [6.45, 7) is 9.52. The van der Waals surface area contributed by atoms with Crippen LogP contribution in [0.1, 0.15) is 52.5 Å². The molecule has 6 heteroatoms. The number of nitrogens with one attached hydrogen (secondary N) is 1. The molecule has 1 amide bonds. The number of carbonyl (C=O) groups excluding carboxylic acids is 1. The fourth-order valence-corrected chi connectivity index (χ4v) is 4.08. The van der Waals surface area contributed by atoms with Crippen LogP contribution >= 0.6 is 11.6 Å². The molecule has 3 rings (SSSR count). The molecule has 5 nitrogen and oxygen atoms in total. The van der Waals surface area contributed by atoms with E-state index in [1.807, 2.05) is 51.1 Å². The first-order chi connectivity index (χ1) is 16.0. The maximum atomic E-state index is 12.8. The van der Waals surface area contributed by atoms with Gasteiger partial charge >= 0.3 is 5.97 Å². The molecule has 0 aromatic heterocycles. The minimum absolute atomic E-state index is 0.0958. The number of benzene rings is 3. The lowest BCUT2D eigenvalue weighted by atomic mass is 9.98. The van der Waals surface area contributed by atoms with Crippen LogP contribution in [-0.2, 0) is 4.79 Å². The fraction of sp³-hybridized carbons (Fsp3) is 0.286. The highest BCUT2D eigenvalue weighted by Crippen LogP contribution is 2.29. The van der Waals surface area contributed by atoms with E-state index in [1.165, 1.54) is 24.4 Å². The predicted octanol–water partition coefficient (Wildman–Crippen LogP) is 6.65. The Morgan fingerprint density at radius 2 is 1.53 bits per heavy atom. The largest absolute Gasteiger partial charge is 0.480 e. The van der Waals surface area contributed by atoms with Gasteiger partial charge in [-0.15, -0.1) is 0 Å². The van der Waals surface area contributed by atoms with Crippen LogP contribution < -0.4 is 5.32 Å². The number of aryl methyl sites for hydroxylation is 3. The average molecular weight is 479 g/mol. The maximum Gasteiger partial charge on any atom is 0.326 e. The van der Waals surface area contributed by atoms with E-state index in [9.17, 15) is 14.7 Å². The number of aliphatic carboxylic acids is 1. The molecule has 0 fully saturated rings. The quantitative estimate of drug-likeness (QED) is 0.398. The Hall–Kier alpha value is -3.31. The number of nitrogens with zero attached hydrogens (tertiary/aromatic N) is 1. The zero-order valence-electron chi connectivity index (χ0n) is 20.4. The number of carboxylic acids is 1. The summed E-state index contributed by atoms with van der Waals surface area (Å²) >= 11 is 6.32. The number of anilines is 1. The summed E-state index contributed by atoms with van der Waals surface area (Å²) < 4.78 is 0. The summed E-state index contributed by atoms with van der Waals surface area (Å²) in [7, 11) is 1.51. The molecule has 0 aliphatic carbocycles. The van der Waals surface area contributed by atoms with Gasteiger partial charge in [0, 0.05) is 29.4 Å². The molecule has 0 aliphatic heterocycles. The second-order valence-electron chi connectivity index (χ2n) is 8.88. The van der Waals surface area contributed by atoms with Crippen molar-refractivity contribution < 1.29 is 14.7 Å². The van der Waals surface area contributed by atoms with Crippen LogP contribution in [0.4, 0.5) is 5.69 Å². The summed E-state index contributed by atoms with van der Waals surface area (Å²) in [6, 6.07) is 17.2. The molecule has 34 heavy (non-hydrogen) atoms. The average Bonchev–Trinajstić information content (AvgIpc) is 2.80. The van der Waals surface area contributed by atoms with Gasteiger partial charge in [0.2, 0.25) is 0 Å². The third-order valence-corrected chi connectivity index (χ3v) is 6.85. The minimum Gasteiger partial charge on any atom is -0.480 e. The van der Waals surface area contributed by atoms with Crippen molar-refractivity contribution in [2.45, 2.75) is 46.7 Å². The van der Waals surface area contributed by atoms with E-state index in [2.05, 4.69) is 30.4 Å². The molecular weight excluding hydrogens is 448 g/mol. The molecule has 3 aromatic rings. The third kappa shape index (κ3) is 5.42. The number of amides is 1. The van der Waals surface area contributed by atoms with Gasteiger partial charge in [-0.1, -0.05) is 48.0 Å². The first kappa shape index (κ1) is 25.3. The van der Waals surface area contributed by atoms with Gasteiger partial charge in [0.15, 0.2) is 0 Å². The van der Waals surface area contributed by atoms with E-state index in [4.69, 9.17) is 11.6 Å². The van der Waals surface area contributed by atoms with Crippen LogP contribution in [0.15, 0.2) is 54.6 Å². The minimum atomic E-state index is -1.03. The number of hydrogen-bond donors (Lipinski definition) is 2. The Balaban J connectivity index is 1.82. The number of halogens is 1. The molecule has 2 atom stereocenters. The van der Waals surface area contributed by atoms with E-state index >= 15 is 0 Å². The SMILES string of the molecule is Cc1cc(-c2cccc(NC(C)c3cc(C)c(Cl)c(C)c3)c2)ccc1C(=O)N(C)[C@@H](C)C(=O)O. The predicted molar refractivity (Wildman–Crippen MR) is 139 cm³/mol. The van der Waals surface area contributed by atoms with Crippen molar-refractivity contribution in [3.8, 4) is 11.1 Å². The molecule has 178 valence electrons. The fourth-order valence-electron chi connectivity index (χ4n) is 3.97. The lowest BCUT2D eigenvalue weighted by molar-refractivity contribution is -0.141. The van der Waals surface area contributed by atoms with Crippen molar-refractivity contribution in [3.63, 3.8) is 0 Å². The van der Waals surface area contributed by atoms with E-state index in [1.54, 1.807) is 6.07 Å². The summed E-state index contributed by atoms with van der Waals surface area (Å²) in [4.78, 5) is 25.3. The molecule has 0 aliphatic rings. The van der Waals surface area contributed by atoms with Crippen LogP contribution in [0.5, 0.6) is 0 Å². The lowest BCUT2D eigenvalue weighted by Crippen LogP contribution is -2.40. The Labute approximate surface area is 206 Å². The van der Waals surface area contributed by atoms with E-state index in [0.717, 1.165) is 38.5 Å². The summed E-state index contributed by atoms with van der Waals surface area (Å²) in [5, 5.41) is 13.6. The molecule has 1 unspecified atom stereocenters. The molecule has 0 radical (unpaired) electrons. The lowest BCUT2D eigenvalue weighted by Gasteiger charge is -2.22. The van der Waals surface area contributed by atoms with Crippen LogP contribution in [-0.4, -0.2) is 35.0 Å². The third-order valence-electron chi connectivity index (χ3n) is 6.25. The molecule has 0 saturated heterocycles. The van der Waals surface area contributed by atoms with Gasteiger partial charge in [-0.25, -0.2) is 4.79 Å². The molecule has 0 spiro atoms. The highest BCUT2D eigenvalue weighted by atomic mass is 35.5. The standard InChI is InChI=1S/C28H31ClN2O3/c1-16-12-22(10-11-25(16)27(32)31(6)20(5)28(33)34)21-8-7-9-24(15-21)30-19(4)23-13-17(2)26(29)18(3)14-23/h7-15,19-20,30H,1-6H3,(H,33,34)/t19?,20-/m0/s1. The first-order valence-electron chi connectivity index (χ1n) is 11.2. The normalized spacial score (nSPS) is 12.7. The van der Waals surface area contributed by atoms with Gasteiger partial charge in [-0.2, -0.15) is 0 Å². The van der Waals surface area contributed by atoms with Crippen molar-refractivity contribution >= 4 is 29.2 Å². The summed E-state index contributed by atoms with van der Waals surface area (Å²) in [5.41, 5.74) is 7.58. The monoisotopic (exact) mass is 478 g/mol. The van der Waals surface area contributed by atoms with Gasteiger partial charge in [0.1, 0.15) is 6.04 Å². The molecular formula is C28H31ClN2O3. The zero-order chi connectivity index (χ0) is 25.2. The summed E-state index contributed by atoms with van der Waals surface area (Å²) in [6.07, 6.45) is 0. The summed E-state index contributed by atoms with van der Waals surface area (Å²) in [5.74, 6) is -1.34. The second-order valence-corrected chi connectivity index (χ2v) is 9.25. The number of rotatable bonds is 7. The van der Waals surface area contributed by atoms with Crippen molar-refractivity contribution in [1.82, 2.24) is 4.90 Å². The van der Waals surface area contributed by atoms with Crippen molar-refractivity contribution in [3.05, 3.63) is 87.4 Å². The first-order valence-corrected chi connectivity index (χ1v) is 11.6. The second kappa shape index (κ2) is 10.3. The smallest absolute Gasteiger partial charge is 0.326 e. The number of hydrogen-bond acceptors (Lipinski definition) is 3.